The maximum absolute atomic E-state index is 12.1. The number of carbonyl (C=O) groups excluding carboxylic acids is 1. The first-order chi connectivity index (χ1) is 9.15. The maximum atomic E-state index is 12.1. The fourth-order valence-corrected chi connectivity index (χ4v) is 2.81. The molecule has 1 aliphatic rings. The van der Waals surface area contributed by atoms with E-state index in [9.17, 15) is 4.79 Å². The molecule has 2 rings (SSSR count). The van der Waals surface area contributed by atoms with Gasteiger partial charge in [0, 0.05) is 6.04 Å². The van der Waals surface area contributed by atoms with E-state index in [1.165, 1.54) is 24.0 Å². The Labute approximate surface area is 116 Å². The van der Waals surface area contributed by atoms with Crippen molar-refractivity contribution in [2.75, 3.05) is 6.54 Å². The van der Waals surface area contributed by atoms with E-state index in [1.807, 2.05) is 17.0 Å². The molecule has 0 radical (unpaired) electrons. The number of hydrogen-bond donors (Lipinski definition) is 1. The summed E-state index contributed by atoms with van der Waals surface area (Å²) in [5.74, 6) is 0.219. The lowest BCUT2D eigenvalue weighted by atomic mass is 10.0. The number of aryl methyl sites for hydroxylation is 1. The zero-order valence-electron chi connectivity index (χ0n) is 12.1. The van der Waals surface area contributed by atoms with Crippen LogP contribution in [0.1, 0.15) is 50.4 Å². The van der Waals surface area contributed by atoms with E-state index in [0.717, 1.165) is 6.42 Å². The molecule has 1 N–H and O–H groups in total. The first-order valence-corrected chi connectivity index (χ1v) is 7.25. The van der Waals surface area contributed by atoms with Gasteiger partial charge in [-0.1, -0.05) is 44.0 Å². The number of benzene rings is 1. The van der Waals surface area contributed by atoms with Gasteiger partial charge < -0.3 is 4.90 Å². The summed E-state index contributed by atoms with van der Waals surface area (Å²) in [5, 5.41) is 3.35. The fourth-order valence-electron chi connectivity index (χ4n) is 2.81. The van der Waals surface area contributed by atoms with Crippen molar-refractivity contribution in [2.45, 2.75) is 52.2 Å². The molecule has 3 heteroatoms. The van der Waals surface area contributed by atoms with Crippen LogP contribution in [0.5, 0.6) is 0 Å². The normalized spacial score (nSPS) is 20.9. The zero-order chi connectivity index (χ0) is 13.8. The van der Waals surface area contributed by atoms with Crippen molar-refractivity contribution in [3.8, 4) is 0 Å². The van der Waals surface area contributed by atoms with E-state index >= 15 is 0 Å². The van der Waals surface area contributed by atoms with Crippen LogP contribution in [0.15, 0.2) is 24.3 Å². The number of nitrogens with one attached hydrogen (secondary N) is 1. The number of amides is 1. The molecule has 19 heavy (non-hydrogen) atoms. The summed E-state index contributed by atoms with van der Waals surface area (Å²) in [6, 6.07) is 8.61. The third kappa shape index (κ3) is 2.98. The second-order valence-electron chi connectivity index (χ2n) is 5.43. The molecular weight excluding hydrogens is 236 g/mol. The van der Waals surface area contributed by atoms with Gasteiger partial charge in [0.15, 0.2) is 0 Å². The highest BCUT2D eigenvalue weighted by Crippen LogP contribution is 2.28. The SMILES string of the molecule is CCCCC(C)N1C(=O)CNC1c1ccccc1C. The van der Waals surface area contributed by atoms with Crippen molar-refractivity contribution in [2.24, 2.45) is 0 Å². The van der Waals surface area contributed by atoms with E-state index in [4.69, 9.17) is 0 Å². The summed E-state index contributed by atoms with van der Waals surface area (Å²) in [5.41, 5.74) is 2.46. The molecule has 1 saturated heterocycles. The molecule has 0 saturated carbocycles. The van der Waals surface area contributed by atoms with Crippen LogP contribution in [-0.2, 0) is 4.79 Å². The van der Waals surface area contributed by atoms with Gasteiger partial charge in [-0.2, -0.15) is 0 Å². The fraction of sp³-hybridized carbons (Fsp3) is 0.562. The van der Waals surface area contributed by atoms with Crippen molar-refractivity contribution < 1.29 is 4.79 Å². The molecule has 1 fully saturated rings. The maximum Gasteiger partial charge on any atom is 0.238 e. The molecule has 1 aliphatic heterocycles. The van der Waals surface area contributed by atoms with Crippen molar-refractivity contribution >= 4 is 5.91 Å². The van der Waals surface area contributed by atoms with E-state index < -0.39 is 0 Å². The topological polar surface area (TPSA) is 32.3 Å². The van der Waals surface area contributed by atoms with Gasteiger partial charge in [0.2, 0.25) is 5.91 Å². The van der Waals surface area contributed by atoms with Gasteiger partial charge in [-0.25, -0.2) is 0 Å². The van der Waals surface area contributed by atoms with E-state index in [2.05, 4.69) is 38.2 Å². The zero-order valence-corrected chi connectivity index (χ0v) is 12.1. The molecule has 0 aromatic heterocycles. The monoisotopic (exact) mass is 260 g/mol. The highest BCUT2D eigenvalue weighted by molar-refractivity contribution is 5.81. The van der Waals surface area contributed by atoms with Crippen LogP contribution in [0, 0.1) is 6.92 Å². The van der Waals surface area contributed by atoms with Gasteiger partial charge in [0.25, 0.3) is 0 Å². The quantitative estimate of drug-likeness (QED) is 0.882. The molecule has 0 aliphatic carbocycles. The van der Waals surface area contributed by atoms with Crippen molar-refractivity contribution in [3.05, 3.63) is 35.4 Å². The largest absolute Gasteiger partial charge is 0.319 e. The molecule has 3 nitrogen and oxygen atoms in total. The summed E-state index contributed by atoms with van der Waals surface area (Å²) in [4.78, 5) is 14.2. The van der Waals surface area contributed by atoms with Crippen LogP contribution >= 0.6 is 0 Å². The van der Waals surface area contributed by atoms with Gasteiger partial charge in [-0.05, 0) is 31.4 Å². The van der Waals surface area contributed by atoms with Gasteiger partial charge in [0.05, 0.1) is 6.54 Å². The summed E-state index contributed by atoms with van der Waals surface area (Å²) in [6.45, 7) is 6.91. The molecule has 1 aromatic carbocycles. The minimum atomic E-state index is 0.0422. The van der Waals surface area contributed by atoms with Crippen molar-refractivity contribution in [1.29, 1.82) is 0 Å². The van der Waals surface area contributed by atoms with Gasteiger partial charge >= 0.3 is 0 Å². The first-order valence-electron chi connectivity index (χ1n) is 7.25. The van der Waals surface area contributed by atoms with Gasteiger partial charge in [-0.3, -0.25) is 10.1 Å². The molecular formula is C16H24N2O. The summed E-state index contributed by atoms with van der Waals surface area (Å²) >= 11 is 0. The minimum absolute atomic E-state index is 0.0422. The summed E-state index contributed by atoms with van der Waals surface area (Å²) in [7, 11) is 0. The molecule has 0 bridgehead atoms. The van der Waals surface area contributed by atoms with Crippen LogP contribution in [0.2, 0.25) is 0 Å². The van der Waals surface area contributed by atoms with Crippen molar-refractivity contribution in [1.82, 2.24) is 10.2 Å². The highest BCUT2D eigenvalue weighted by atomic mass is 16.2. The average molecular weight is 260 g/mol. The third-order valence-corrected chi connectivity index (χ3v) is 3.95. The summed E-state index contributed by atoms with van der Waals surface area (Å²) < 4.78 is 0. The molecule has 1 heterocycles. The standard InChI is InChI=1S/C16H24N2O/c1-4-5-9-13(3)18-15(19)11-17-16(18)14-10-7-6-8-12(14)2/h6-8,10,13,16-17H,4-5,9,11H2,1-3H3. The number of nitrogens with zero attached hydrogens (tertiary/aromatic N) is 1. The van der Waals surface area contributed by atoms with E-state index in [1.54, 1.807) is 0 Å². The Morgan fingerprint density at radius 1 is 1.42 bits per heavy atom. The lowest BCUT2D eigenvalue weighted by Crippen LogP contribution is -2.38. The van der Waals surface area contributed by atoms with E-state index in [-0.39, 0.29) is 12.1 Å². The Morgan fingerprint density at radius 2 is 2.16 bits per heavy atom. The van der Waals surface area contributed by atoms with Crippen LogP contribution in [-0.4, -0.2) is 23.4 Å². The van der Waals surface area contributed by atoms with Gasteiger partial charge in [0.1, 0.15) is 6.17 Å². The average Bonchev–Trinajstić information content (AvgIpc) is 2.78. The lowest BCUT2D eigenvalue weighted by Gasteiger charge is -2.31. The second kappa shape index (κ2) is 6.20. The molecule has 0 spiro atoms. The van der Waals surface area contributed by atoms with Crippen LogP contribution in [0.4, 0.5) is 0 Å². The molecule has 1 aromatic rings. The van der Waals surface area contributed by atoms with Crippen LogP contribution < -0.4 is 5.32 Å². The van der Waals surface area contributed by atoms with Crippen LogP contribution in [0.25, 0.3) is 0 Å². The lowest BCUT2D eigenvalue weighted by molar-refractivity contribution is -0.130. The Hall–Kier alpha value is -1.35. The summed E-state index contributed by atoms with van der Waals surface area (Å²) in [6.07, 6.45) is 3.47. The number of hydrogen-bond acceptors (Lipinski definition) is 2. The first kappa shape index (κ1) is 14.1. The predicted octanol–water partition coefficient (Wildman–Crippen LogP) is 3.00. The van der Waals surface area contributed by atoms with Crippen molar-refractivity contribution in [3.63, 3.8) is 0 Å². The number of rotatable bonds is 5. The Bertz CT molecular complexity index is 444. The highest BCUT2D eigenvalue weighted by Gasteiger charge is 2.35. The molecule has 2 atom stereocenters. The minimum Gasteiger partial charge on any atom is -0.319 e. The Kier molecular flexibility index (Phi) is 4.59. The number of unbranched alkanes of at least 4 members (excludes halogenated alkanes) is 1. The molecule has 1 amide bonds. The predicted molar refractivity (Wildman–Crippen MR) is 77.8 cm³/mol. The number of carbonyl (C=O) groups is 1. The Balaban J connectivity index is 2.20. The third-order valence-electron chi connectivity index (χ3n) is 3.95. The Morgan fingerprint density at radius 3 is 2.84 bits per heavy atom. The van der Waals surface area contributed by atoms with E-state index in [0.29, 0.717) is 12.6 Å². The molecule has 2 unspecified atom stereocenters. The van der Waals surface area contributed by atoms with Crippen LogP contribution in [0.3, 0.4) is 0 Å². The molecule has 104 valence electrons. The smallest absolute Gasteiger partial charge is 0.238 e. The second-order valence-corrected chi connectivity index (χ2v) is 5.43. The van der Waals surface area contributed by atoms with Gasteiger partial charge in [-0.15, -0.1) is 0 Å².